The number of fused-ring (bicyclic) bond motifs is 1. The zero-order valence-electron chi connectivity index (χ0n) is 11.6. The molecule has 0 saturated heterocycles. The normalized spacial score (nSPS) is 18.2. The van der Waals surface area contributed by atoms with Crippen LogP contribution in [0.15, 0.2) is 42.5 Å². The number of carbonyl (C=O) groups is 1. The SMILES string of the molecule is O=C1c2ccccc2CCCC1Cc1cc(Cl)ccc1Cl. The highest BCUT2D eigenvalue weighted by molar-refractivity contribution is 6.33. The molecular formula is C18H16Cl2O. The van der Waals surface area contributed by atoms with Crippen molar-refractivity contribution in [3.63, 3.8) is 0 Å². The van der Waals surface area contributed by atoms with Crippen LogP contribution in [0.2, 0.25) is 10.0 Å². The molecule has 1 unspecified atom stereocenters. The van der Waals surface area contributed by atoms with Gasteiger partial charge < -0.3 is 0 Å². The van der Waals surface area contributed by atoms with Gasteiger partial charge in [-0.2, -0.15) is 0 Å². The molecule has 1 aliphatic carbocycles. The van der Waals surface area contributed by atoms with Crippen LogP contribution in [0.3, 0.4) is 0 Å². The maximum absolute atomic E-state index is 12.8. The molecule has 0 fully saturated rings. The fourth-order valence-corrected chi connectivity index (χ4v) is 3.42. The van der Waals surface area contributed by atoms with Crippen molar-refractivity contribution in [2.75, 3.05) is 0 Å². The van der Waals surface area contributed by atoms with Gasteiger partial charge in [0.2, 0.25) is 0 Å². The van der Waals surface area contributed by atoms with E-state index in [1.807, 2.05) is 24.3 Å². The Hall–Kier alpha value is -1.31. The average Bonchev–Trinajstić information content (AvgIpc) is 2.64. The van der Waals surface area contributed by atoms with Crippen molar-refractivity contribution in [2.24, 2.45) is 5.92 Å². The minimum Gasteiger partial charge on any atom is -0.294 e. The van der Waals surface area contributed by atoms with Crippen LogP contribution in [0.25, 0.3) is 0 Å². The van der Waals surface area contributed by atoms with Gasteiger partial charge in [-0.25, -0.2) is 0 Å². The Morgan fingerprint density at radius 2 is 1.90 bits per heavy atom. The van der Waals surface area contributed by atoms with Gasteiger partial charge in [0.15, 0.2) is 5.78 Å². The lowest BCUT2D eigenvalue weighted by Gasteiger charge is -2.15. The van der Waals surface area contributed by atoms with Gasteiger partial charge in [-0.1, -0.05) is 47.5 Å². The van der Waals surface area contributed by atoms with E-state index in [4.69, 9.17) is 23.2 Å². The Balaban J connectivity index is 1.89. The van der Waals surface area contributed by atoms with Gasteiger partial charge in [-0.05, 0) is 55.0 Å². The highest BCUT2D eigenvalue weighted by Crippen LogP contribution is 2.30. The van der Waals surface area contributed by atoms with E-state index in [1.54, 1.807) is 12.1 Å². The van der Waals surface area contributed by atoms with Gasteiger partial charge in [0, 0.05) is 21.5 Å². The molecule has 108 valence electrons. The summed E-state index contributed by atoms with van der Waals surface area (Å²) in [5, 5.41) is 1.35. The monoisotopic (exact) mass is 318 g/mol. The average molecular weight is 319 g/mol. The molecule has 1 nitrogen and oxygen atoms in total. The van der Waals surface area contributed by atoms with E-state index in [1.165, 1.54) is 5.56 Å². The Morgan fingerprint density at radius 3 is 2.76 bits per heavy atom. The van der Waals surface area contributed by atoms with Gasteiger partial charge in [0.05, 0.1) is 0 Å². The quantitative estimate of drug-likeness (QED) is 0.680. The van der Waals surface area contributed by atoms with Gasteiger partial charge in [0.25, 0.3) is 0 Å². The number of rotatable bonds is 2. The molecule has 3 rings (SSSR count). The third-order valence-corrected chi connectivity index (χ3v) is 4.73. The van der Waals surface area contributed by atoms with Crippen molar-refractivity contribution in [1.29, 1.82) is 0 Å². The first-order valence-corrected chi connectivity index (χ1v) is 7.97. The zero-order chi connectivity index (χ0) is 14.8. The minimum atomic E-state index is -0.00961. The van der Waals surface area contributed by atoms with Crippen LogP contribution in [0.5, 0.6) is 0 Å². The maximum atomic E-state index is 12.8. The molecule has 0 aromatic heterocycles. The highest BCUT2D eigenvalue weighted by Gasteiger charge is 2.25. The first-order chi connectivity index (χ1) is 10.1. The second-order valence-electron chi connectivity index (χ2n) is 5.55. The summed E-state index contributed by atoms with van der Waals surface area (Å²) in [5.74, 6) is 0.226. The summed E-state index contributed by atoms with van der Waals surface area (Å²) in [6.07, 6.45) is 3.57. The second kappa shape index (κ2) is 6.21. The summed E-state index contributed by atoms with van der Waals surface area (Å²) in [6, 6.07) is 13.4. The Morgan fingerprint density at radius 1 is 1.10 bits per heavy atom. The Bertz CT molecular complexity index is 679. The van der Waals surface area contributed by atoms with E-state index < -0.39 is 0 Å². The lowest BCUT2D eigenvalue weighted by atomic mass is 9.89. The smallest absolute Gasteiger partial charge is 0.166 e. The minimum absolute atomic E-state index is 0.00961. The summed E-state index contributed by atoms with van der Waals surface area (Å²) in [5.41, 5.74) is 3.00. The molecule has 0 N–H and O–H groups in total. The van der Waals surface area contributed by atoms with Crippen LogP contribution in [0, 0.1) is 5.92 Å². The number of ketones is 1. The van der Waals surface area contributed by atoms with Crippen LogP contribution >= 0.6 is 23.2 Å². The van der Waals surface area contributed by atoms with Crippen molar-refractivity contribution in [3.05, 3.63) is 69.2 Å². The van der Waals surface area contributed by atoms with Crippen LogP contribution in [0.4, 0.5) is 0 Å². The van der Waals surface area contributed by atoms with E-state index in [-0.39, 0.29) is 11.7 Å². The molecule has 1 aliphatic rings. The van der Waals surface area contributed by atoms with Crippen molar-refractivity contribution < 1.29 is 4.79 Å². The summed E-state index contributed by atoms with van der Waals surface area (Å²) in [6.45, 7) is 0. The molecule has 2 aromatic rings. The Kier molecular flexibility index (Phi) is 4.32. The number of benzene rings is 2. The zero-order valence-corrected chi connectivity index (χ0v) is 13.1. The van der Waals surface area contributed by atoms with Crippen molar-refractivity contribution in [1.82, 2.24) is 0 Å². The number of carbonyl (C=O) groups excluding carboxylic acids is 1. The molecule has 2 aromatic carbocycles. The molecule has 0 heterocycles. The first kappa shape index (κ1) is 14.6. The van der Waals surface area contributed by atoms with Gasteiger partial charge in [-0.3, -0.25) is 4.79 Å². The fourth-order valence-electron chi connectivity index (χ4n) is 3.03. The molecule has 3 heteroatoms. The van der Waals surface area contributed by atoms with Crippen LogP contribution in [-0.4, -0.2) is 5.78 Å². The van der Waals surface area contributed by atoms with E-state index in [9.17, 15) is 4.79 Å². The Labute approximate surface area is 134 Å². The van der Waals surface area contributed by atoms with Crippen LogP contribution < -0.4 is 0 Å². The molecule has 0 saturated carbocycles. The second-order valence-corrected chi connectivity index (χ2v) is 6.39. The number of aryl methyl sites for hydroxylation is 1. The molecule has 0 amide bonds. The number of hydrogen-bond acceptors (Lipinski definition) is 1. The van der Waals surface area contributed by atoms with Crippen molar-refractivity contribution in [3.8, 4) is 0 Å². The van der Waals surface area contributed by atoms with E-state index in [0.29, 0.717) is 16.5 Å². The van der Waals surface area contributed by atoms with Crippen molar-refractivity contribution >= 4 is 29.0 Å². The third kappa shape index (κ3) is 3.14. The summed E-state index contributed by atoms with van der Waals surface area (Å²) < 4.78 is 0. The molecular weight excluding hydrogens is 303 g/mol. The topological polar surface area (TPSA) is 17.1 Å². The molecule has 0 aliphatic heterocycles. The number of halogens is 2. The third-order valence-electron chi connectivity index (χ3n) is 4.13. The first-order valence-electron chi connectivity index (χ1n) is 7.21. The fraction of sp³-hybridized carbons (Fsp3) is 0.278. The predicted octanol–water partition coefficient (Wildman–Crippen LogP) is 5.37. The molecule has 21 heavy (non-hydrogen) atoms. The number of hydrogen-bond donors (Lipinski definition) is 0. The van der Waals surface area contributed by atoms with Gasteiger partial charge in [-0.15, -0.1) is 0 Å². The van der Waals surface area contributed by atoms with E-state index in [2.05, 4.69) is 6.07 Å². The predicted molar refractivity (Wildman–Crippen MR) is 87.4 cm³/mol. The van der Waals surface area contributed by atoms with E-state index >= 15 is 0 Å². The van der Waals surface area contributed by atoms with Crippen molar-refractivity contribution in [2.45, 2.75) is 25.7 Å². The number of Topliss-reactive ketones (excluding diaryl/α,β-unsaturated/α-hetero) is 1. The molecule has 0 spiro atoms. The lowest BCUT2D eigenvalue weighted by Crippen LogP contribution is -2.17. The molecule has 0 radical (unpaired) electrons. The highest BCUT2D eigenvalue weighted by atomic mass is 35.5. The maximum Gasteiger partial charge on any atom is 0.166 e. The van der Waals surface area contributed by atoms with Crippen LogP contribution in [0.1, 0.15) is 34.3 Å². The van der Waals surface area contributed by atoms with Gasteiger partial charge >= 0.3 is 0 Å². The molecule has 0 bridgehead atoms. The summed E-state index contributed by atoms with van der Waals surface area (Å²) in [7, 11) is 0. The largest absolute Gasteiger partial charge is 0.294 e. The lowest BCUT2D eigenvalue weighted by molar-refractivity contribution is 0.0915. The summed E-state index contributed by atoms with van der Waals surface area (Å²) >= 11 is 12.3. The standard InChI is InChI=1S/C18H16Cl2O/c19-15-8-9-17(20)14(11-15)10-13-6-3-5-12-4-1-2-7-16(12)18(13)21/h1-2,4,7-9,11,13H,3,5-6,10H2. The van der Waals surface area contributed by atoms with E-state index in [0.717, 1.165) is 30.4 Å². The molecule has 1 atom stereocenters. The van der Waals surface area contributed by atoms with Crippen LogP contribution in [-0.2, 0) is 12.8 Å². The van der Waals surface area contributed by atoms with Gasteiger partial charge in [0.1, 0.15) is 0 Å². The summed E-state index contributed by atoms with van der Waals surface area (Å²) in [4.78, 5) is 12.8.